The Morgan fingerprint density at radius 3 is 2.42 bits per heavy atom. The second-order valence-electron chi connectivity index (χ2n) is 12.9. The van der Waals surface area contributed by atoms with Gasteiger partial charge in [-0.2, -0.15) is 0 Å². The van der Waals surface area contributed by atoms with E-state index in [2.05, 4.69) is 20.8 Å². The van der Waals surface area contributed by atoms with E-state index >= 15 is 0 Å². The topological polar surface area (TPSA) is 118 Å². The van der Waals surface area contributed by atoms with E-state index in [-0.39, 0.29) is 35.9 Å². The molecule has 33 heavy (non-hydrogen) atoms. The van der Waals surface area contributed by atoms with Crippen molar-refractivity contribution in [1.82, 2.24) is 0 Å². The van der Waals surface area contributed by atoms with Gasteiger partial charge in [0.1, 0.15) is 0 Å². The number of rotatable bonds is 5. The average Bonchev–Trinajstić information content (AvgIpc) is 2.99. The number of fused-ring (bicyclic) bond motifs is 5. The maximum Gasteiger partial charge on any atom is 0.159 e. The van der Waals surface area contributed by atoms with E-state index in [1.807, 2.05) is 0 Å². The van der Waals surface area contributed by atoms with Crippen molar-refractivity contribution < 1.29 is 30.3 Å². The van der Waals surface area contributed by atoms with Crippen LogP contribution in [0.4, 0.5) is 0 Å². The molecule has 6 heteroatoms. The smallest absolute Gasteiger partial charge is 0.159 e. The Labute approximate surface area is 198 Å². The van der Waals surface area contributed by atoms with Crippen LogP contribution in [-0.2, 0) is 4.79 Å². The Morgan fingerprint density at radius 2 is 1.79 bits per heavy atom. The molecule has 188 valence electrons. The van der Waals surface area contributed by atoms with Crippen LogP contribution in [-0.4, -0.2) is 60.8 Å². The molecule has 0 bridgehead atoms. The molecule has 0 aromatic heterocycles. The number of aliphatic hydroxyl groups excluding tert-OH is 3. The SMILES string of the molecule is C[C@@H]([C@H](O)CCC(C)(C)O)[C@H]1CC[C@@]2(O)C3=CC(=O)[C@@H]4C[C@H](O)[C@@H](O)C[C@]4(C)[C@H]3CC[C@@]12C. The van der Waals surface area contributed by atoms with Gasteiger partial charge in [0.25, 0.3) is 0 Å². The number of ketones is 1. The number of allylic oxidation sites excluding steroid dienone is 1. The van der Waals surface area contributed by atoms with E-state index in [9.17, 15) is 30.3 Å². The minimum Gasteiger partial charge on any atom is -0.393 e. The van der Waals surface area contributed by atoms with Crippen molar-refractivity contribution in [3.05, 3.63) is 11.6 Å². The van der Waals surface area contributed by atoms with E-state index in [0.717, 1.165) is 24.8 Å². The molecule has 3 fully saturated rings. The molecule has 3 saturated carbocycles. The molecule has 0 heterocycles. The second-order valence-corrected chi connectivity index (χ2v) is 12.9. The average molecular weight is 465 g/mol. The number of hydrogen-bond acceptors (Lipinski definition) is 6. The standard InChI is InChI=1S/C27H44O6/c1-15(20(28)8-9-24(2,3)32)16-7-11-27(33)18-12-21(29)19-13-22(30)23(31)14-25(19,4)17(18)6-10-26(16,27)5/h12,15-17,19-20,22-23,28,30-33H,6-11,13-14H2,1-5H3/t15-,16-,17+,19+,20-,22+,23+,25-,26+,27-/m1/s1. The van der Waals surface area contributed by atoms with Crippen LogP contribution in [0, 0.1) is 34.5 Å². The summed E-state index contributed by atoms with van der Waals surface area (Å²) in [6.45, 7) is 9.74. The van der Waals surface area contributed by atoms with Gasteiger partial charge in [0, 0.05) is 11.3 Å². The van der Waals surface area contributed by atoms with Crippen molar-refractivity contribution in [3.8, 4) is 0 Å². The predicted octanol–water partition coefficient (Wildman–Crippen LogP) is 2.74. The molecule has 10 atom stereocenters. The van der Waals surface area contributed by atoms with Crippen LogP contribution in [0.3, 0.4) is 0 Å². The molecule has 6 nitrogen and oxygen atoms in total. The first-order chi connectivity index (χ1) is 15.1. The molecule has 0 aromatic carbocycles. The van der Waals surface area contributed by atoms with Crippen molar-refractivity contribution in [1.29, 1.82) is 0 Å². The third-order valence-electron chi connectivity index (χ3n) is 10.5. The van der Waals surface area contributed by atoms with Gasteiger partial charge in [0.15, 0.2) is 5.78 Å². The number of hydrogen-bond donors (Lipinski definition) is 5. The fourth-order valence-corrected chi connectivity index (χ4v) is 8.29. The van der Waals surface area contributed by atoms with Gasteiger partial charge >= 0.3 is 0 Å². The van der Waals surface area contributed by atoms with Crippen LogP contribution in [0.15, 0.2) is 11.6 Å². The van der Waals surface area contributed by atoms with Crippen molar-refractivity contribution >= 4 is 5.78 Å². The molecule has 0 aliphatic heterocycles. The largest absolute Gasteiger partial charge is 0.393 e. The summed E-state index contributed by atoms with van der Waals surface area (Å²) in [6.07, 6.45) is 4.06. The quantitative estimate of drug-likeness (QED) is 0.427. The highest BCUT2D eigenvalue weighted by Gasteiger charge is 2.67. The van der Waals surface area contributed by atoms with E-state index in [1.54, 1.807) is 19.9 Å². The molecule has 0 amide bonds. The molecule has 0 saturated heterocycles. The maximum absolute atomic E-state index is 13.2. The summed E-state index contributed by atoms with van der Waals surface area (Å²) in [4.78, 5) is 13.2. The van der Waals surface area contributed by atoms with Crippen molar-refractivity contribution in [3.63, 3.8) is 0 Å². The third kappa shape index (κ3) is 3.85. The summed E-state index contributed by atoms with van der Waals surface area (Å²) >= 11 is 0. The highest BCUT2D eigenvalue weighted by atomic mass is 16.3. The van der Waals surface area contributed by atoms with Gasteiger partial charge < -0.3 is 25.5 Å². The Morgan fingerprint density at radius 1 is 1.12 bits per heavy atom. The molecule has 0 spiro atoms. The van der Waals surface area contributed by atoms with E-state index in [0.29, 0.717) is 25.7 Å². The second kappa shape index (κ2) is 8.12. The summed E-state index contributed by atoms with van der Waals surface area (Å²) in [5.41, 5.74) is -2.01. The molecule has 5 N–H and O–H groups in total. The molecule has 0 unspecified atom stereocenters. The zero-order valence-electron chi connectivity index (χ0n) is 20.9. The monoisotopic (exact) mass is 464 g/mol. The van der Waals surface area contributed by atoms with Gasteiger partial charge in [0.05, 0.1) is 29.5 Å². The summed E-state index contributed by atoms with van der Waals surface area (Å²) in [5, 5.41) is 53.9. The highest BCUT2D eigenvalue weighted by molar-refractivity contribution is 5.95. The van der Waals surface area contributed by atoms with Crippen molar-refractivity contribution in [2.75, 3.05) is 0 Å². The fraction of sp³-hybridized carbons (Fsp3) is 0.889. The Hall–Kier alpha value is -0.790. The lowest BCUT2D eigenvalue weighted by atomic mass is 9.46. The molecule has 0 radical (unpaired) electrons. The molecule has 4 aliphatic carbocycles. The summed E-state index contributed by atoms with van der Waals surface area (Å²) in [7, 11) is 0. The van der Waals surface area contributed by atoms with Gasteiger partial charge in [-0.1, -0.05) is 20.8 Å². The normalized spacial score (nSPS) is 47.3. The predicted molar refractivity (Wildman–Crippen MR) is 125 cm³/mol. The van der Waals surface area contributed by atoms with E-state index in [4.69, 9.17) is 0 Å². The highest BCUT2D eigenvalue weighted by Crippen LogP contribution is 2.68. The summed E-state index contributed by atoms with van der Waals surface area (Å²) in [6, 6.07) is 0. The summed E-state index contributed by atoms with van der Waals surface area (Å²) in [5.74, 6) is -0.264. The number of carbonyl (C=O) groups excluding carboxylic acids is 1. The zero-order chi connectivity index (χ0) is 24.6. The molecular weight excluding hydrogens is 420 g/mol. The van der Waals surface area contributed by atoms with Crippen LogP contribution in [0.2, 0.25) is 0 Å². The fourth-order valence-electron chi connectivity index (χ4n) is 8.29. The Kier molecular flexibility index (Phi) is 6.23. The number of aliphatic hydroxyl groups is 5. The lowest BCUT2D eigenvalue weighted by molar-refractivity contribution is -0.154. The van der Waals surface area contributed by atoms with E-state index in [1.165, 1.54) is 0 Å². The lowest BCUT2D eigenvalue weighted by Crippen LogP contribution is -2.61. The molecule has 4 aliphatic rings. The lowest BCUT2D eigenvalue weighted by Gasteiger charge is -2.60. The first-order valence-corrected chi connectivity index (χ1v) is 12.9. The van der Waals surface area contributed by atoms with Gasteiger partial charge in [-0.3, -0.25) is 4.79 Å². The van der Waals surface area contributed by atoms with Crippen molar-refractivity contribution in [2.24, 2.45) is 34.5 Å². The first kappa shape index (κ1) is 25.3. The Bertz CT molecular complexity index is 816. The maximum atomic E-state index is 13.2. The Balaban J connectivity index is 1.62. The van der Waals surface area contributed by atoms with Crippen molar-refractivity contribution in [2.45, 2.75) is 115 Å². The third-order valence-corrected chi connectivity index (χ3v) is 10.5. The molecule has 4 rings (SSSR count). The van der Waals surface area contributed by atoms with E-state index < -0.39 is 40.3 Å². The van der Waals surface area contributed by atoms with Crippen LogP contribution in [0.25, 0.3) is 0 Å². The summed E-state index contributed by atoms with van der Waals surface area (Å²) < 4.78 is 0. The zero-order valence-corrected chi connectivity index (χ0v) is 20.9. The number of carbonyl (C=O) groups is 1. The van der Waals surface area contributed by atoms with Crippen LogP contribution >= 0.6 is 0 Å². The minimum absolute atomic E-state index is 0.00888. The van der Waals surface area contributed by atoms with Crippen LogP contribution in [0.5, 0.6) is 0 Å². The van der Waals surface area contributed by atoms with Gasteiger partial charge in [-0.05, 0) is 100 Å². The van der Waals surface area contributed by atoms with Crippen LogP contribution in [0.1, 0.15) is 86.0 Å². The molecular formula is C27H44O6. The minimum atomic E-state index is -1.10. The van der Waals surface area contributed by atoms with Gasteiger partial charge in [-0.15, -0.1) is 0 Å². The van der Waals surface area contributed by atoms with Crippen LogP contribution < -0.4 is 0 Å². The first-order valence-electron chi connectivity index (χ1n) is 12.9. The van der Waals surface area contributed by atoms with Gasteiger partial charge in [-0.25, -0.2) is 0 Å². The molecule has 0 aromatic rings. The van der Waals surface area contributed by atoms with Gasteiger partial charge in [0.2, 0.25) is 0 Å².